The van der Waals surface area contributed by atoms with Crippen molar-refractivity contribution in [2.24, 2.45) is 5.92 Å². The Morgan fingerprint density at radius 2 is 1.29 bits per heavy atom. The molecule has 4 heterocycles. The van der Waals surface area contributed by atoms with Gasteiger partial charge in [0.25, 0.3) is 0 Å². The second-order valence-corrected chi connectivity index (χ2v) is 9.79. The number of nitrogens with zero attached hydrogens (tertiary/aromatic N) is 2. The Morgan fingerprint density at radius 1 is 0.875 bits per heavy atom. The summed E-state index contributed by atoms with van der Waals surface area (Å²) in [4.78, 5) is 30.0. The molecule has 0 aliphatic carbocycles. The number of thioether (sulfide) groups is 2. The Morgan fingerprint density at radius 3 is 1.71 bits per heavy atom. The number of hydrogen-bond donors (Lipinski definition) is 0. The van der Waals surface area contributed by atoms with E-state index in [1.54, 1.807) is 0 Å². The second kappa shape index (κ2) is 6.31. The van der Waals surface area contributed by atoms with Crippen LogP contribution in [0.5, 0.6) is 0 Å². The molecule has 0 radical (unpaired) electrons. The van der Waals surface area contributed by atoms with Gasteiger partial charge in [-0.15, -0.1) is 0 Å². The molecular formula is C18H24N2O2S2. The Bertz CT molecular complexity index is 614. The molecule has 2 saturated heterocycles. The van der Waals surface area contributed by atoms with Crippen molar-refractivity contribution in [1.29, 1.82) is 0 Å². The molecule has 2 unspecified atom stereocenters. The van der Waals surface area contributed by atoms with Gasteiger partial charge >= 0.3 is 0 Å². The van der Waals surface area contributed by atoms with Crippen molar-refractivity contribution in [2.45, 2.75) is 30.3 Å². The minimum atomic E-state index is -0.0528. The molecule has 0 spiro atoms. The molecule has 0 N–H and O–H groups in total. The number of piperidine rings is 2. The van der Waals surface area contributed by atoms with Crippen LogP contribution in [0.15, 0.2) is 22.3 Å². The van der Waals surface area contributed by atoms with E-state index in [1.165, 1.54) is 34.7 Å². The molecule has 2 fully saturated rings. The van der Waals surface area contributed by atoms with Crippen molar-refractivity contribution >= 4 is 33.8 Å². The van der Waals surface area contributed by atoms with E-state index < -0.39 is 0 Å². The van der Waals surface area contributed by atoms with Crippen molar-refractivity contribution < 1.29 is 9.59 Å². The highest BCUT2D eigenvalue weighted by Gasteiger charge is 2.44. The van der Waals surface area contributed by atoms with Gasteiger partial charge in [0, 0.05) is 40.7 Å². The summed E-state index contributed by atoms with van der Waals surface area (Å²) < 4.78 is 0. The van der Waals surface area contributed by atoms with Crippen LogP contribution in [0.4, 0.5) is 0 Å². The third-order valence-electron chi connectivity index (χ3n) is 5.70. The Balaban J connectivity index is 1.73. The van der Waals surface area contributed by atoms with E-state index in [2.05, 4.69) is 30.8 Å². The highest BCUT2D eigenvalue weighted by Crippen LogP contribution is 2.48. The van der Waals surface area contributed by atoms with Gasteiger partial charge in [-0.05, 0) is 51.2 Å². The fourth-order valence-corrected chi connectivity index (χ4v) is 6.97. The number of carbonyl (C=O) groups excluding carboxylic acids is 2. The average molecular weight is 365 g/mol. The molecule has 0 aromatic carbocycles. The largest absolute Gasteiger partial charge is 0.302 e. The molecule has 0 amide bonds. The van der Waals surface area contributed by atoms with Crippen LogP contribution >= 0.6 is 23.5 Å². The molecule has 0 aromatic rings. The number of hydrogen-bond acceptors (Lipinski definition) is 6. The quantitative estimate of drug-likeness (QED) is 0.748. The summed E-state index contributed by atoms with van der Waals surface area (Å²) >= 11 is 2.97. The first-order chi connectivity index (χ1) is 11.5. The van der Waals surface area contributed by atoms with Crippen molar-refractivity contribution in [1.82, 2.24) is 9.80 Å². The van der Waals surface area contributed by atoms with E-state index in [0.717, 1.165) is 50.2 Å². The molecule has 0 aromatic heterocycles. The zero-order chi connectivity index (χ0) is 17.0. The van der Waals surface area contributed by atoms with Gasteiger partial charge in [0.05, 0.1) is 0 Å². The van der Waals surface area contributed by atoms with Crippen molar-refractivity contribution in [3.05, 3.63) is 22.3 Å². The summed E-state index contributed by atoms with van der Waals surface area (Å²) in [5, 5.41) is 1.09. The molecule has 4 rings (SSSR count). The van der Waals surface area contributed by atoms with Crippen LogP contribution in [-0.2, 0) is 9.59 Å². The fraction of sp³-hybridized carbons (Fsp3) is 0.667. The van der Waals surface area contributed by atoms with Crippen LogP contribution in [-0.4, -0.2) is 70.8 Å². The van der Waals surface area contributed by atoms with Gasteiger partial charge in [-0.25, -0.2) is 0 Å². The smallest absolute Gasteiger partial charge is 0.216 e. The predicted octanol–water partition coefficient (Wildman–Crippen LogP) is 2.17. The molecule has 24 heavy (non-hydrogen) atoms. The monoisotopic (exact) mass is 364 g/mol. The molecule has 0 saturated carbocycles. The minimum absolute atomic E-state index is 0.0528. The van der Waals surface area contributed by atoms with Gasteiger partial charge in [-0.1, -0.05) is 30.4 Å². The van der Waals surface area contributed by atoms with E-state index in [-0.39, 0.29) is 16.1 Å². The SMILES string of the molecule is CC(C1=C2CN(C)CCC2SC1=O)C1=C2CN(C)CCC2SC1=O. The zero-order valence-electron chi connectivity index (χ0n) is 14.5. The summed E-state index contributed by atoms with van der Waals surface area (Å²) in [6.07, 6.45) is 2.08. The summed E-state index contributed by atoms with van der Waals surface area (Å²) in [5.74, 6) is -0.0528. The highest BCUT2D eigenvalue weighted by atomic mass is 32.2. The van der Waals surface area contributed by atoms with E-state index in [9.17, 15) is 9.59 Å². The van der Waals surface area contributed by atoms with Crippen LogP contribution in [0.1, 0.15) is 19.8 Å². The molecule has 4 nitrogen and oxygen atoms in total. The van der Waals surface area contributed by atoms with Gasteiger partial charge in [-0.3, -0.25) is 9.59 Å². The van der Waals surface area contributed by atoms with Crippen LogP contribution < -0.4 is 0 Å². The predicted molar refractivity (Wildman–Crippen MR) is 100 cm³/mol. The topological polar surface area (TPSA) is 40.6 Å². The second-order valence-electron chi connectivity index (χ2n) is 7.44. The summed E-state index contributed by atoms with van der Waals surface area (Å²) in [6.45, 7) is 5.92. The maximum atomic E-state index is 12.7. The van der Waals surface area contributed by atoms with Crippen LogP contribution in [0.2, 0.25) is 0 Å². The molecule has 2 atom stereocenters. The number of rotatable bonds is 2. The van der Waals surface area contributed by atoms with Crippen LogP contribution in [0.3, 0.4) is 0 Å². The molecule has 0 bridgehead atoms. The first-order valence-corrected chi connectivity index (χ1v) is 10.5. The van der Waals surface area contributed by atoms with E-state index >= 15 is 0 Å². The van der Waals surface area contributed by atoms with Crippen LogP contribution in [0.25, 0.3) is 0 Å². The maximum Gasteiger partial charge on any atom is 0.216 e. The lowest BCUT2D eigenvalue weighted by Crippen LogP contribution is -2.34. The van der Waals surface area contributed by atoms with Gasteiger partial charge < -0.3 is 9.80 Å². The van der Waals surface area contributed by atoms with E-state index in [4.69, 9.17) is 0 Å². The van der Waals surface area contributed by atoms with Crippen molar-refractivity contribution in [2.75, 3.05) is 40.3 Å². The minimum Gasteiger partial charge on any atom is -0.302 e. The average Bonchev–Trinajstić information content (AvgIpc) is 3.01. The Kier molecular flexibility index (Phi) is 4.44. The summed E-state index contributed by atoms with van der Waals surface area (Å²) in [7, 11) is 4.23. The molecular weight excluding hydrogens is 340 g/mol. The number of fused-ring (bicyclic) bond motifs is 2. The van der Waals surface area contributed by atoms with Crippen molar-refractivity contribution in [3.8, 4) is 0 Å². The van der Waals surface area contributed by atoms with Crippen LogP contribution in [0, 0.1) is 5.92 Å². The standard InChI is InChI=1S/C18H24N2O2S2/c1-10(15-11-8-19(2)6-4-13(11)23-17(15)21)16-12-9-20(3)7-5-14(12)24-18(16)22/h10,13-14H,4-9H2,1-3H3. The molecule has 4 aliphatic heterocycles. The number of likely N-dealkylation sites (N-methyl/N-ethyl adjacent to an activating group) is 2. The van der Waals surface area contributed by atoms with Gasteiger partial charge in [0.15, 0.2) is 0 Å². The summed E-state index contributed by atoms with van der Waals surface area (Å²) in [5.41, 5.74) is 4.43. The molecule has 130 valence electrons. The fourth-order valence-electron chi connectivity index (χ4n) is 4.45. The third kappa shape index (κ3) is 2.71. The third-order valence-corrected chi connectivity index (χ3v) is 8.18. The number of carbonyl (C=O) groups is 2. The van der Waals surface area contributed by atoms with E-state index in [1.807, 2.05) is 0 Å². The van der Waals surface area contributed by atoms with Gasteiger partial charge in [0.2, 0.25) is 10.2 Å². The normalized spacial score (nSPS) is 33.3. The Hall–Kier alpha value is -0.560. The summed E-state index contributed by atoms with van der Waals surface area (Å²) in [6, 6.07) is 0. The molecule has 4 aliphatic rings. The lowest BCUT2D eigenvalue weighted by molar-refractivity contribution is -0.108. The molecule has 6 heteroatoms. The highest BCUT2D eigenvalue weighted by molar-refractivity contribution is 8.15. The van der Waals surface area contributed by atoms with Gasteiger partial charge in [-0.2, -0.15) is 0 Å². The first-order valence-electron chi connectivity index (χ1n) is 8.70. The lowest BCUT2D eigenvalue weighted by atomic mass is 9.84. The first kappa shape index (κ1) is 16.9. The maximum absolute atomic E-state index is 12.7. The van der Waals surface area contributed by atoms with Gasteiger partial charge in [0.1, 0.15) is 0 Å². The van der Waals surface area contributed by atoms with E-state index in [0.29, 0.717) is 10.5 Å². The lowest BCUT2D eigenvalue weighted by Gasteiger charge is -2.30. The van der Waals surface area contributed by atoms with Crippen molar-refractivity contribution in [3.63, 3.8) is 0 Å². The zero-order valence-corrected chi connectivity index (χ0v) is 16.1. The number of likely N-dealkylation sites (tertiary alicyclic amines) is 2. The Labute approximate surface area is 152 Å².